The molecule has 0 saturated heterocycles. The van der Waals surface area contributed by atoms with Gasteiger partial charge in [-0.3, -0.25) is 0 Å². The first-order chi connectivity index (χ1) is 29.0. The predicted octanol–water partition coefficient (Wildman–Crippen LogP) is 15.8. The van der Waals surface area contributed by atoms with Gasteiger partial charge in [0.1, 0.15) is 5.58 Å². The third-order valence-corrected chi connectivity index (χ3v) is 12.4. The van der Waals surface area contributed by atoms with Gasteiger partial charge in [0.25, 0.3) is 0 Å². The maximum Gasteiger partial charge on any atom is 0.159 e. The summed E-state index contributed by atoms with van der Waals surface area (Å²) >= 11 is 0. The van der Waals surface area contributed by atoms with E-state index in [2.05, 4.69) is 206 Å². The molecule has 2 aliphatic rings. The van der Waals surface area contributed by atoms with Crippen LogP contribution in [0.4, 0.5) is 34.1 Å². The maximum atomic E-state index is 6.68. The summed E-state index contributed by atoms with van der Waals surface area (Å²) in [6, 6.07) is 69.3. The van der Waals surface area contributed by atoms with Crippen LogP contribution >= 0.6 is 0 Å². The molecule has 2 aliphatic heterocycles. The van der Waals surface area contributed by atoms with Crippen molar-refractivity contribution in [2.75, 3.05) is 9.80 Å². The molecule has 12 rings (SSSR count). The molecular weight excluding hydrogens is 721 g/mol. The van der Waals surface area contributed by atoms with Crippen LogP contribution in [-0.4, -0.2) is 0 Å². The van der Waals surface area contributed by atoms with Crippen LogP contribution in [0, 0.1) is 0 Å². The molecule has 0 radical (unpaired) electrons. The standard InChI is InChI=1S/C55H38N2O2/c1-55(2)45-20-12-24-49-53(45)57(52-42-16-7-6-15-37(42)29-34-50(52)58-49)46-21-10-18-41(51(46)55)38-27-32-40(33-28-38)56(39-30-25-36(26-31-39)35-13-4-3-5-14-35)47-22-11-19-44-43-17-8-9-23-48(43)59-54(44)47/h3-34H,1-2H3. The summed E-state index contributed by atoms with van der Waals surface area (Å²) in [7, 11) is 0. The van der Waals surface area contributed by atoms with E-state index in [0.29, 0.717) is 0 Å². The van der Waals surface area contributed by atoms with Gasteiger partial charge in [0.2, 0.25) is 0 Å². The Labute approximate surface area is 342 Å². The van der Waals surface area contributed by atoms with E-state index in [1.807, 2.05) is 12.1 Å². The van der Waals surface area contributed by atoms with Crippen molar-refractivity contribution in [1.29, 1.82) is 0 Å². The summed E-state index contributed by atoms with van der Waals surface area (Å²) in [4.78, 5) is 4.78. The van der Waals surface area contributed by atoms with Crippen molar-refractivity contribution in [3.8, 4) is 33.8 Å². The van der Waals surface area contributed by atoms with Crippen LogP contribution < -0.4 is 14.5 Å². The van der Waals surface area contributed by atoms with E-state index >= 15 is 0 Å². The van der Waals surface area contributed by atoms with E-state index in [0.717, 1.165) is 67.4 Å². The second-order valence-electron chi connectivity index (χ2n) is 16.1. The maximum absolute atomic E-state index is 6.68. The lowest BCUT2D eigenvalue weighted by molar-refractivity contribution is 0.472. The Bertz CT molecular complexity index is 3270. The van der Waals surface area contributed by atoms with E-state index in [1.165, 1.54) is 44.3 Å². The molecule has 280 valence electrons. The van der Waals surface area contributed by atoms with Gasteiger partial charge >= 0.3 is 0 Å². The normalized spacial score (nSPS) is 13.5. The minimum atomic E-state index is -0.318. The zero-order valence-corrected chi connectivity index (χ0v) is 32.7. The molecule has 9 aromatic carbocycles. The zero-order valence-electron chi connectivity index (χ0n) is 32.7. The first-order valence-corrected chi connectivity index (χ1v) is 20.3. The highest BCUT2D eigenvalue weighted by atomic mass is 16.5. The molecule has 0 fully saturated rings. The van der Waals surface area contributed by atoms with E-state index in [1.54, 1.807) is 0 Å². The second kappa shape index (κ2) is 12.7. The highest BCUT2D eigenvalue weighted by Gasteiger charge is 2.43. The van der Waals surface area contributed by atoms with Gasteiger partial charge in [0, 0.05) is 32.9 Å². The number of para-hydroxylation sites is 3. The van der Waals surface area contributed by atoms with Crippen LogP contribution in [0.1, 0.15) is 25.0 Å². The third-order valence-electron chi connectivity index (χ3n) is 12.4. The van der Waals surface area contributed by atoms with Crippen molar-refractivity contribution in [3.05, 3.63) is 205 Å². The number of benzene rings is 9. The molecule has 0 unspecified atom stereocenters. The molecule has 10 aromatic rings. The van der Waals surface area contributed by atoms with Gasteiger partial charge in [-0.2, -0.15) is 0 Å². The van der Waals surface area contributed by atoms with Gasteiger partial charge in [-0.25, -0.2) is 0 Å². The fourth-order valence-electron chi connectivity index (χ4n) is 9.68. The van der Waals surface area contributed by atoms with Gasteiger partial charge in [0.15, 0.2) is 17.1 Å². The first-order valence-electron chi connectivity index (χ1n) is 20.3. The Kier molecular flexibility index (Phi) is 7.24. The number of rotatable bonds is 5. The average Bonchev–Trinajstić information content (AvgIpc) is 3.68. The molecule has 0 N–H and O–H groups in total. The molecule has 4 nitrogen and oxygen atoms in total. The number of nitrogens with zero attached hydrogens (tertiary/aromatic N) is 2. The fourth-order valence-corrected chi connectivity index (χ4v) is 9.68. The predicted molar refractivity (Wildman–Crippen MR) is 244 cm³/mol. The molecule has 59 heavy (non-hydrogen) atoms. The van der Waals surface area contributed by atoms with Crippen LogP contribution in [0.15, 0.2) is 199 Å². The Morgan fingerprint density at radius 3 is 1.93 bits per heavy atom. The summed E-state index contributed by atoms with van der Waals surface area (Å²) in [5.74, 6) is 1.75. The molecule has 1 aromatic heterocycles. The Hall–Kier alpha value is -7.56. The lowest BCUT2D eigenvalue weighted by Gasteiger charge is -2.46. The van der Waals surface area contributed by atoms with Crippen LogP contribution in [0.25, 0.3) is 55.0 Å². The smallest absolute Gasteiger partial charge is 0.159 e. The highest BCUT2D eigenvalue weighted by molar-refractivity contribution is 6.10. The SMILES string of the molecule is CC1(C)c2cccc3c2N(c2cccc(-c4ccc(N(c5ccc(-c6ccccc6)cc5)c5cccc6c5oc5ccccc56)cc4)c21)c1c(ccc2ccccc12)O3. The number of ether oxygens (including phenoxy) is 1. The Balaban J connectivity index is 1.02. The van der Waals surface area contributed by atoms with Crippen LogP contribution in [0.2, 0.25) is 0 Å². The summed E-state index contributed by atoms with van der Waals surface area (Å²) in [5.41, 5.74) is 15.2. The first kappa shape index (κ1) is 33.6. The Morgan fingerprint density at radius 2 is 1.12 bits per heavy atom. The lowest BCUT2D eigenvalue weighted by atomic mass is 9.70. The van der Waals surface area contributed by atoms with Crippen LogP contribution in [-0.2, 0) is 5.41 Å². The topological polar surface area (TPSA) is 28.9 Å². The second-order valence-corrected chi connectivity index (χ2v) is 16.1. The molecule has 0 spiro atoms. The monoisotopic (exact) mass is 758 g/mol. The van der Waals surface area contributed by atoms with Gasteiger partial charge in [-0.05, 0) is 93.4 Å². The third kappa shape index (κ3) is 5.03. The molecule has 0 saturated carbocycles. The van der Waals surface area contributed by atoms with Crippen molar-refractivity contribution in [3.63, 3.8) is 0 Å². The summed E-state index contributed by atoms with van der Waals surface area (Å²) in [5, 5.41) is 4.56. The van der Waals surface area contributed by atoms with E-state index in [-0.39, 0.29) is 5.41 Å². The minimum Gasteiger partial charge on any atom is -0.454 e. The van der Waals surface area contributed by atoms with Crippen molar-refractivity contribution in [2.45, 2.75) is 19.3 Å². The fraction of sp³-hybridized carbons (Fsp3) is 0.0545. The van der Waals surface area contributed by atoms with Crippen LogP contribution in [0.5, 0.6) is 11.5 Å². The average molecular weight is 759 g/mol. The highest BCUT2D eigenvalue weighted by Crippen LogP contribution is 2.62. The molecule has 0 amide bonds. The van der Waals surface area contributed by atoms with E-state index in [9.17, 15) is 0 Å². The number of furan rings is 1. The Morgan fingerprint density at radius 1 is 0.475 bits per heavy atom. The molecule has 4 heteroatoms. The van der Waals surface area contributed by atoms with Crippen molar-refractivity contribution < 1.29 is 9.15 Å². The number of hydrogen-bond acceptors (Lipinski definition) is 4. The quantitative estimate of drug-likeness (QED) is 0.175. The molecule has 3 heterocycles. The lowest BCUT2D eigenvalue weighted by Crippen LogP contribution is -2.33. The number of fused-ring (bicyclic) bond motifs is 9. The molecule has 0 atom stereocenters. The number of hydrogen-bond donors (Lipinski definition) is 0. The molecule has 0 bridgehead atoms. The minimum absolute atomic E-state index is 0.318. The van der Waals surface area contributed by atoms with Crippen molar-refractivity contribution in [2.24, 2.45) is 0 Å². The number of anilines is 6. The van der Waals surface area contributed by atoms with Crippen molar-refractivity contribution >= 4 is 66.8 Å². The van der Waals surface area contributed by atoms with Gasteiger partial charge in [-0.15, -0.1) is 0 Å². The molecular formula is C55H38N2O2. The van der Waals surface area contributed by atoms with Gasteiger partial charge < -0.3 is 19.0 Å². The molecule has 0 aliphatic carbocycles. The van der Waals surface area contributed by atoms with Gasteiger partial charge in [0.05, 0.1) is 22.7 Å². The summed E-state index contributed by atoms with van der Waals surface area (Å²) in [6.45, 7) is 4.70. The van der Waals surface area contributed by atoms with Crippen LogP contribution in [0.3, 0.4) is 0 Å². The van der Waals surface area contributed by atoms with E-state index in [4.69, 9.17) is 9.15 Å². The van der Waals surface area contributed by atoms with Crippen molar-refractivity contribution in [1.82, 2.24) is 0 Å². The zero-order chi connectivity index (χ0) is 39.2. The summed E-state index contributed by atoms with van der Waals surface area (Å²) < 4.78 is 13.3. The summed E-state index contributed by atoms with van der Waals surface area (Å²) in [6.07, 6.45) is 0. The largest absolute Gasteiger partial charge is 0.454 e. The van der Waals surface area contributed by atoms with E-state index < -0.39 is 0 Å². The van der Waals surface area contributed by atoms with Gasteiger partial charge in [-0.1, -0.05) is 153 Å².